The first-order valence-corrected chi connectivity index (χ1v) is 7.76. The van der Waals surface area contributed by atoms with Gasteiger partial charge < -0.3 is 5.73 Å². The van der Waals surface area contributed by atoms with Crippen LogP contribution in [0.2, 0.25) is 0 Å². The molecule has 2 N–H and O–H groups in total. The normalized spacial score (nSPS) is 10.2. The summed E-state index contributed by atoms with van der Waals surface area (Å²) in [5, 5.41) is 3.25. The highest BCUT2D eigenvalue weighted by atomic mass is 35.5. The van der Waals surface area contributed by atoms with E-state index in [4.69, 9.17) is 5.73 Å². The molecule has 0 bridgehead atoms. The molecule has 0 spiro atoms. The van der Waals surface area contributed by atoms with Crippen LogP contribution >= 0.6 is 23.7 Å². The first-order valence-electron chi connectivity index (χ1n) is 6.88. The number of halogens is 1. The van der Waals surface area contributed by atoms with Gasteiger partial charge in [0, 0.05) is 11.8 Å². The lowest BCUT2D eigenvalue weighted by atomic mass is 10.0. The van der Waals surface area contributed by atoms with E-state index in [1.807, 2.05) is 6.92 Å². The number of aryl methyl sites for hydroxylation is 4. The standard InChI is InChI=1S/C16H20N2OS.ClH/c1-12-18-15(11-20-12)8-6-13-2-4-14(5-3-13)7-9-16(19)10-17;/h2-5,11H,6-10,17H2,1H3;1H. The molecule has 0 radical (unpaired) electrons. The average Bonchev–Trinajstić information content (AvgIpc) is 2.89. The molecule has 21 heavy (non-hydrogen) atoms. The largest absolute Gasteiger partial charge is 0.324 e. The van der Waals surface area contributed by atoms with Gasteiger partial charge in [0.1, 0.15) is 5.78 Å². The summed E-state index contributed by atoms with van der Waals surface area (Å²) in [5.41, 5.74) is 8.98. The Bertz CT molecular complexity index is 566. The molecule has 0 atom stereocenters. The van der Waals surface area contributed by atoms with Crippen molar-refractivity contribution in [3.05, 3.63) is 51.5 Å². The Labute approximate surface area is 136 Å². The number of hydrogen-bond acceptors (Lipinski definition) is 4. The smallest absolute Gasteiger partial charge is 0.146 e. The van der Waals surface area contributed by atoms with Crippen molar-refractivity contribution in [3.8, 4) is 0 Å². The quantitative estimate of drug-likeness (QED) is 0.851. The third-order valence-electron chi connectivity index (χ3n) is 3.28. The van der Waals surface area contributed by atoms with E-state index in [0.717, 1.165) is 24.3 Å². The van der Waals surface area contributed by atoms with Crippen LogP contribution < -0.4 is 5.73 Å². The monoisotopic (exact) mass is 324 g/mol. The maximum absolute atomic E-state index is 11.2. The highest BCUT2D eigenvalue weighted by Crippen LogP contribution is 2.13. The number of hydrogen-bond donors (Lipinski definition) is 1. The van der Waals surface area contributed by atoms with Gasteiger partial charge in [-0.15, -0.1) is 23.7 Å². The number of carbonyl (C=O) groups is 1. The van der Waals surface area contributed by atoms with Gasteiger partial charge in [-0.2, -0.15) is 0 Å². The van der Waals surface area contributed by atoms with Crippen LogP contribution in [0.15, 0.2) is 29.6 Å². The van der Waals surface area contributed by atoms with Gasteiger partial charge in [-0.3, -0.25) is 4.79 Å². The fraction of sp³-hybridized carbons (Fsp3) is 0.375. The second kappa shape index (κ2) is 8.93. The number of nitrogens with two attached hydrogens (primary N) is 1. The summed E-state index contributed by atoms with van der Waals surface area (Å²) < 4.78 is 0. The number of rotatable bonds is 7. The minimum absolute atomic E-state index is 0. The maximum atomic E-state index is 11.2. The molecule has 2 aromatic rings. The Balaban J connectivity index is 0.00000220. The molecule has 114 valence electrons. The fourth-order valence-corrected chi connectivity index (χ4v) is 2.70. The van der Waals surface area contributed by atoms with Crippen LogP contribution in [0.5, 0.6) is 0 Å². The molecule has 0 saturated heterocycles. The molecular weight excluding hydrogens is 304 g/mol. The van der Waals surface area contributed by atoms with Crippen LogP contribution in [0.4, 0.5) is 0 Å². The lowest BCUT2D eigenvalue weighted by molar-refractivity contribution is -0.117. The predicted octanol–water partition coefficient (Wildman–Crippen LogP) is 3.12. The van der Waals surface area contributed by atoms with Crippen LogP contribution in [0.1, 0.15) is 28.2 Å². The molecule has 1 heterocycles. The van der Waals surface area contributed by atoms with Gasteiger partial charge in [-0.1, -0.05) is 24.3 Å². The zero-order chi connectivity index (χ0) is 14.4. The molecule has 0 unspecified atom stereocenters. The Morgan fingerprint density at radius 3 is 2.29 bits per heavy atom. The van der Waals surface area contributed by atoms with Crippen molar-refractivity contribution in [2.24, 2.45) is 5.73 Å². The molecular formula is C16H21ClN2OS. The molecule has 3 nitrogen and oxygen atoms in total. The van der Waals surface area contributed by atoms with Crippen LogP contribution in [0.25, 0.3) is 0 Å². The van der Waals surface area contributed by atoms with E-state index < -0.39 is 0 Å². The summed E-state index contributed by atoms with van der Waals surface area (Å²) in [6.45, 7) is 2.18. The second-order valence-electron chi connectivity index (χ2n) is 4.92. The van der Waals surface area contributed by atoms with E-state index in [1.165, 1.54) is 16.8 Å². The number of Topliss-reactive ketones (excluding diaryl/α,β-unsaturated/α-hetero) is 1. The molecule has 1 aromatic carbocycles. The van der Waals surface area contributed by atoms with Crippen LogP contribution in [-0.4, -0.2) is 17.3 Å². The summed E-state index contributed by atoms with van der Waals surface area (Å²) in [4.78, 5) is 15.7. The first kappa shape index (κ1) is 17.8. The highest BCUT2D eigenvalue weighted by Gasteiger charge is 2.02. The molecule has 5 heteroatoms. The molecule has 2 rings (SSSR count). The van der Waals surface area contributed by atoms with Gasteiger partial charge >= 0.3 is 0 Å². The Morgan fingerprint density at radius 2 is 1.76 bits per heavy atom. The average molecular weight is 325 g/mol. The van der Waals surface area contributed by atoms with Crippen LogP contribution in [0.3, 0.4) is 0 Å². The van der Waals surface area contributed by atoms with Gasteiger partial charge in [-0.25, -0.2) is 4.98 Å². The summed E-state index contributed by atoms with van der Waals surface area (Å²) in [7, 11) is 0. The first-order chi connectivity index (χ1) is 9.67. The Kier molecular flexibility index (Phi) is 7.57. The lowest BCUT2D eigenvalue weighted by Crippen LogP contribution is -2.13. The lowest BCUT2D eigenvalue weighted by Gasteiger charge is -2.03. The van der Waals surface area contributed by atoms with E-state index in [9.17, 15) is 4.79 Å². The van der Waals surface area contributed by atoms with Crippen molar-refractivity contribution in [2.75, 3.05) is 6.54 Å². The predicted molar refractivity (Wildman–Crippen MR) is 90.3 cm³/mol. The van der Waals surface area contributed by atoms with E-state index in [1.54, 1.807) is 11.3 Å². The summed E-state index contributed by atoms with van der Waals surface area (Å²) in [5.74, 6) is 0.118. The molecule has 1 aromatic heterocycles. The van der Waals surface area contributed by atoms with Crippen LogP contribution in [-0.2, 0) is 24.1 Å². The number of benzene rings is 1. The molecule has 0 aliphatic carbocycles. The fourth-order valence-electron chi connectivity index (χ4n) is 2.05. The summed E-state index contributed by atoms with van der Waals surface area (Å²) in [6, 6.07) is 8.49. The van der Waals surface area contributed by atoms with Gasteiger partial charge in [0.05, 0.1) is 17.2 Å². The van der Waals surface area contributed by atoms with Crippen molar-refractivity contribution in [3.63, 3.8) is 0 Å². The van der Waals surface area contributed by atoms with E-state index in [-0.39, 0.29) is 24.7 Å². The second-order valence-corrected chi connectivity index (χ2v) is 5.98. The highest BCUT2D eigenvalue weighted by molar-refractivity contribution is 7.09. The number of aromatic nitrogens is 1. The minimum atomic E-state index is 0. The number of carbonyl (C=O) groups excluding carboxylic acids is 1. The number of thiazole rings is 1. The van der Waals surface area contributed by atoms with E-state index in [2.05, 4.69) is 34.6 Å². The van der Waals surface area contributed by atoms with Gasteiger partial charge in [0.25, 0.3) is 0 Å². The number of ketones is 1. The topological polar surface area (TPSA) is 56.0 Å². The molecule has 0 saturated carbocycles. The van der Waals surface area contributed by atoms with E-state index in [0.29, 0.717) is 6.42 Å². The molecule has 0 aliphatic heterocycles. The SMILES string of the molecule is Cc1nc(CCc2ccc(CCC(=O)CN)cc2)cs1.Cl. The summed E-state index contributed by atoms with van der Waals surface area (Å²) >= 11 is 1.70. The Hall–Kier alpha value is -1.23. The van der Waals surface area contributed by atoms with Gasteiger partial charge in [0.2, 0.25) is 0 Å². The summed E-state index contributed by atoms with van der Waals surface area (Å²) in [6.07, 6.45) is 3.30. The number of nitrogens with zero attached hydrogens (tertiary/aromatic N) is 1. The molecule has 0 aliphatic rings. The van der Waals surface area contributed by atoms with Crippen LogP contribution in [0, 0.1) is 6.92 Å². The van der Waals surface area contributed by atoms with Gasteiger partial charge in [-0.05, 0) is 37.3 Å². The third-order valence-corrected chi connectivity index (χ3v) is 4.10. The Morgan fingerprint density at radius 1 is 1.14 bits per heavy atom. The zero-order valence-corrected chi connectivity index (χ0v) is 13.8. The van der Waals surface area contributed by atoms with Crippen molar-refractivity contribution in [1.82, 2.24) is 4.98 Å². The third kappa shape index (κ3) is 5.96. The van der Waals surface area contributed by atoms with E-state index >= 15 is 0 Å². The zero-order valence-electron chi connectivity index (χ0n) is 12.2. The van der Waals surface area contributed by atoms with Gasteiger partial charge in [0.15, 0.2) is 0 Å². The van der Waals surface area contributed by atoms with Crippen molar-refractivity contribution in [1.29, 1.82) is 0 Å². The van der Waals surface area contributed by atoms with Crippen molar-refractivity contribution >= 4 is 29.5 Å². The maximum Gasteiger partial charge on any atom is 0.146 e. The van der Waals surface area contributed by atoms with Crippen molar-refractivity contribution < 1.29 is 4.79 Å². The minimum Gasteiger partial charge on any atom is -0.324 e. The van der Waals surface area contributed by atoms with Crippen molar-refractivity contribution in [2.45, 2.75) is 32.6 Å². The molecule has 0 fully saturated rings. The molecule has 0 amide bonds.